The number of phenolic OH excluding ortho intramolecular Hbond substituents is 1. The number of aromatic hydroxyl groups is 1. The number of benzene rings is 2. The Bertz CT molecular complexity index is 1130. The lowest BCUT2D eigenvalue weighted by atomic mass is 10.1. The third-order valence-corrected chi connectivity index (χ3v) is 7.48. The molecule has 0 fully saturated rings. The first kappa shape index (κ1) is 33.6. The molecule has 0 aliphatic rings. The van der Waals surface area contributed by atoms with Crippen molar-refractivity contribution in [2.75, 3.05) is 19.0 Å². The predicted octanol–water partition coefficient (Wildman–Crippen LogP) is 9.86. The van der Waals surface area contributed by atoms with Crippen LogP contribution in [0.1, 0.15) is 91.9 Å². The third-order valence-electron chi connectivity index (χ3n) is 6.61. The molecule has 0 heterocycles. The Morgan fingerprint density at radius 3 is 1.95 bits per heavy atom. The molecule has 0 spiro atoms. The number of unbranched alkanes of at least 4 members (excludes halogenated alkanes) is 6. The van der Waals surface area contributed by atoms with Gasteiger partial charge in [0.05, 0.1) is 32.5 Å². The van der Waals surface area contributed by atoms with Gasteiger partial charge in [-0.1, -0.05) is 52.4 Å². The fourth-order valence-electron chi connectivity index (χ4n) is 4.29. The molecule has 0 aliphatic carbocycles. The molecule has 2 aromatic rings. The summed E-state index contributed by atoms with van der Waals surface area (Å²) in [6.45, 7) is 8.36. The van der Waals surface area contributed by atoms with Crippen LogP contribution in [0.2, 0.25) is 0 Å². The topological polar surface area (TPSA) is 110 Å². The summed E-state index contributed by atoms with van der Waals surface area (Å²) in [5.41, 5.74) is 1.29. The van der Waals surface area contributed by atoms with Crippen molar-refractivity contribution in [2.24, 2.45) is 10.2 Å². The van der Waals surface area contributed by atoms with Gasteiger partial charge in [-0.3, -0.25) is 10.1 Å². The molecular weight excluding hydrogens is 623 g/mol. The van der Waals surface area contributed by atoms with E-state index in [1.165, 1.54) is 31.7 Å². The molecular formula is C30H45IN4O5. The zero-order chi connectivity index (χ0) is 29.7. The number of nitrogens with zero attached hydrogens (tertiary/aromatic N) is 4. The van der Waals surface area contributed by atoms with Gasteiger partial charge in [0, 0.05) is 26.2 Å². The average Bonchev–Trinajstić information content (AvgIpc) is 2.90. The van der Waals surface area contributed by atoms with Crippen molar-refractivity contribution >= 4 is 45.3 Å². The maximum absolute atomic E-state index is 11.6. The molecule has 1 N–H and O–H groups in total. The van der Waals surface area contributed by atoms with E-state index < -0.39 is 4.92 Å². The average molecular weight is 669 g/mol. The Kier molecular flexibility index (Phi) is 14.5. The molecule has 10 heteroatoms. The summed E-state index contributed by atoms with van der Waals surface area (Å²) in [4.78, 5) is 13.0. The molecule has 2 unspecified atom stereocenters. The van der Waals surface area contributed by atoms with Crippen LogP contribution < -0.4 is 14.4 Å². The number of halogens is 1. The number of rotatable bonds is 18. The van der Waals surface area contributed by atoms with Gasteiger partial charge in [-0.15, -0.1) is 10.2 Å². The minimum absolute atomic E-state index is 0.0000414. The number of hydrogen-bond acceptors (Lipinski definition) is 8. The molecule has 9 nitrogen and oxygen atoms in total. The van der Waals surface area contributed by atoms with Crippen LogP contribution in [0.25, 0.3) is 0 Å². The van der Waals surface area contributed by atoms with Crippen molar-refractivity contribution in [3.63, 3.8) is 0 Å². The van der Waals surface area contributed by atoms with Crippen molar-refractivity contribution in [3.05, 3.63) is 37.9 Å². The Morgan fingerprint density at radius 1 is 0.875 bits per heavy atom. The lowest BCUT2D eigenvalue weighted by molar-refractivity contribution is -0.385. The highest BCUT2D eigenvalue weighted by Crippen LogP contribution is 2.42. The van der Waals surface area contributed by atoms with Gasteiger partial charge in [-0.25, -0.2) is 0 Å². The van der Waals surface area contributed by atoms with Crippen molar-refractivity contribution < 1.29 is 19.5 Å². The van der Waals surface area contributed by atoms with Crippen LogP contribution in [0.4, 0.5) is 22.7 Å². The molecule has 40 heavy (non-hydrogen) atoms. The molecule has 2 atom stereocenters. The van der Waals surface area contributed by atoms with Crippen molar-refractivity contribution in [2.45, 2.75) is 104 Å². The smallest absolute Gasteiger partial charge is 0.286 e. The second kappa shape index (κ2) is 17.2. The summed E-state index contributed by atoms with van der Waals surface area (Å²) < 4.78 is 12.8. The van der Waals surface area contributed by atoms with Gasteiger partial charge in [0.2, 0.25) is 0 Å². The quantitative estimate of drug-likeness (QED) is 0.0557. The minimum atomic E-state index is -0.430. The molecule has 0 amide bonds. The largest absolute Gasteiger partial charge is 0.506 e. The first-order valence-electron chi connectivity index (χ1n) is 14.3. The van der Waals surface area contributed by atoms with E-state index in [2.05, 4.69) is 24.1 Å². The molecule has 0 saturated heterocycles. The zero-order valence-electron chi connectivity index (χ0n) is 24.8. The molecule has 0 bridgehead atoms. The maximum atomic E-state index is 11.6. The SMILES string of the molecule is CCCCCCC(C)Oc1cc([N+](=O)[O-])c(I)cc1N=Nc1cc(OC(C)CCCCCC)c(N(C)C)cc1O. The molecule has 222 valence electrons. The summed E-state index contributed by atoms with van der Waals surface area (Å²) in [7, 11) is 3.78. The Morgan fingerprint density at radius 2 is 1.43 bits per heavy atom. The minimum Gasteiger partial charge on any atom is -0.506 e. The maximum Gasteiger partial charge on any atom is 0.286 e. The lowest BCUT2D eigenvalue weighted by Crippen LogP contribution is -2.16. The second-order valence-electron chi connectivity index (χ2n) is 10.5. The summed E-state index contributed by atoms with van der Waals surface area (Å²) in [5, 5.41) is 31.0. The van der Waals surface area contributed by atoms with Crippen LogP contribution in [0.5, 0.6) is 17.2 Å². The van der Waals surface area contributed by atoms with Gasteiger partial charge < -0.3 is 19.5 Å². The predicted molar refractivity (Wildman–Crippen MR) is 170 cm³/mol. The lowest BCUT2D eigenvalue weighted by Gasteiger charge is -2.22. The first-order valence-corrected chi connectivity index (χ1v) is 15.4. The van der Waals surface area contributed by atoms with E-state index in [9.17, 15) is 15.2 Å². The third kappa shape index (κ3) is 10.7. The highest BCUT2D eigenvalue weighted by atomic mass is 127. The van der Waals surface area contributed by atoms with E-state index in [4.69, 9.17) is 9.47 Å². The number of azo groups is 1. The molecule has 2 rings (SSSR count). The van der Waals surface area contributed by atoms with E-state index in [1.807, 2.05) is 55.4 Å². The van der Waals surface area contributed by atoms with Gasteiger partial charge in [0.25, 0.3) is 5.69 Å². The van der Waals surface area contributed by atoms with Gasteiger partial charge in [0.1, 0.15) is 22.9 Å². The molecule has 0 aromatic heterocycles. The highest BCUT2D eigenvalue weighted by Gasteiger charge is 2.20. The normalized spacial score (nSPS) is 12.9. The van der Waals surface area contributed by atoms with Crippen LogP contribution in [-0.2, 0) is 0 Å². The van der Waals surface area contributed by atoms with E-state index in [0.717, 1.165) is 44.2 Å². The first-order chi connectivity index (χ1) is 19.1. The Labute approximate surface area is 252 Å². The van der Waals surface area contributed by atoms with Crippen LogP contribution in [-0.4, -0.2) is 36.3 Å². The summed E-state index contributed by atoms with van der Waals surface area (Å²) in [6.07, 6.45) is 10.7. The van der Waals surface area contributed by atoms with E-state index in [0.29, 0.717) is 20.8 Å². The number of nitro groups is 1. The number of hydrogen-bond donors (Lipinski definition) is 1. The van der Waals surface area contributed by atoms with E-state index in [-0.39, 0.29) is 29.3 Å². The van der Waals surface area contributed by atoms with Crippen molar-refractivity contribution in [3.8, 4) is 17.2 Å². The standard InChI is InChI=1S/C30H45IN4O5/c1-7-9-11-13-15-21(3)39-29-20-26(35(37)38)23(31)17-25(29)33-32-24-18-30(27(34(5)6)19-28(24)36)40-22(4)16-14-12-10-8-2/h17-22,36H,7-16H2,1-6H3. The van der Waals surface area contributed by atoms with Crippen LogP contribution in [0.15, 0.2) is 34.5 Å². The van der Waals surface area contributed by atoms with Gasteiger partial charge in [0.15, 0.2) is 5.75 Å². The van der Waals surface area contributed by atoms with E-state index in [1.54, 1.807) is 18.2 Å². The number of ether oxygens (including phenoxy) is 2. The highest BCUT2D eigenvalue weighted by molar-refractivity contribution is 14.1. The second-order valence-corrected chi connectivity index (χ2v) is 11.6. The molecule has 0 aliphatic heterocycles. The van der Waals surface area contributed by atoms with Crippen LogP contribution >= 0.6 is 22.6 Å². The zero-order valence-corrected chi connectivity index (χ0v) is 26.9. The molecule has 2 aromatic carbocycles. The van der Waals surface area contributed by atoms with Gasteiger partial charge >= 0.3 is 0 Å². The molecule has 0 saturated carbocycles. The van der Waals surface area contributed by atoms with Crippen molar-refractivity contribution in [1.29, 1.82) is 0 Å². The Balaban J connectivity index is 2.35. The molecule has 0 radical (unpaired) electrons. The summed E-state index contributed by atoms with van der Waals surface area (Å²) in [5.74, 6) is 0.856. The number of nitro benzene ring substituents is 1. The Hall–Kier alpha value is -2.63. The monoisotopic (exact) mass is 668 g/mol. The summed E-state index contributed by atoms with van der Waals surface area (Å²) in [6, 6.07) is 6.29. The van der Waals surface area contributed by atoms with Crippen molar-refractivity contribution in [1.82, 2.24) is 0 Å². The number of anilines is 1. The number of phenols is 1. The fourth-order valence-corrected chi connectivity index (χ4v) is 4.94. The summed E-state index contributed by atoms with van der Waals surface area (Å²) >= 11 is 1.92. The van der Waals surface area contributed by atoms with E-state index >= 15 is 0 Å². The van der Waals surface area contributed by atoms with Crippen LogP contribution in [0.3, 0.4) is 0 Å². The van der Waals surface area contributed by atoms with Crippen LogP contribution in [0, 0.1) is 13.7 Å². The van der Waals surface area contributed by atoms with Gasteiger partial charge in [-0.2, -0.15) is 0 Å². The van der Waals surface area contributed by atoms with Gasteiger partial charge in [-0.05, 0) is 68.2 Å². The fraction of sp³-hybridized carbons (Fsp3) is 0.600.